The van der Waals surface area contributed by atoms with E-state index in [1.165, 1.54) is 29.1 Å². The van der Waals surface area contributed by atoms with Crippen molar-refractivity contribution >= 4 is 16.5 Å². The molecule has 0 aliphatic heterocycles. The highest BCUT2D eigenvalue weighted by molar-refractivity contribution is 5.86. The molecule has 1 fully saturated rings. The number of hydrogen-bond acceptors (Lipinski definition) is 7. The molecule has 3 aromatic heterocycles. The number of fused-ring (bicyclic) bond motifs is 1. The van der Waals surface area contributed by atoms with Crippen molar-refractivity contribution < 1.29 is 22.7 Å². The first-order chi connectivity index (χ1) is 19.3. The highest BCUT2D eigenvalue weighted by atomic mass is 19.4. The number of aromatic amines is 1. The fraction of sp³-hybridized carbons (Fsp3) is 0.393. The van der Waals surface area contributed by atoms with E-state index in [-0.39, 0.29) is 39.9 Å². The highest BCUT2D eigenvalue weighted by Gasteiger charge is 2.38. The van der Waals surface area contributed by atoms with Gasteiger partial charge in [0.25, 0.3) is 11.1 Å². The maximum absolute atomic E-state index is 15.1. The molecular weight excluding hydrogens is 544 g/mol. The van der Waals surface area contributed by atoms with E-state index in [1.54, 1.807) is 26.1 Å². The molecule has 1 aromatic carbocycles. The van der Waals surface area contributed by atoms with Gasteiger partial charge in [0, 0.05) is 24.3 Å². The van der Waals surface area contributed by atoms with E-state index in [1.807, 2.05) is 5.10 Å². The molecule has 0 bridgehead atoms. The summed E-state index contributed by atoms with van der Waals surface area (Å²) in [4.78, 5) is 33.5. The van der Waals surface area contributed by atoms with Crippen LogP contribution in [0.4, 0.5) is 23.2 Å². The highest BCUT2D eigenvalue weighted by Crippen LogP contribution is 2.34. The lowest BCUT2D eigenvalue weighted by atomic mass is 9.85. The van der Waals surface area contributed by atoms with Gasteiger partial charge < -0.3 is 15.0 Å². The van der Waals surface area contributed by atoms with Gasteiger partial charge in [0.2, 0.25) is 0 Å². The Kier molecular flexibility index (Phi) is 7.41. The second-order valence-corrected chi connectivity index (χ2v) is 10.9. The molecule has 41 heavy (non-hydrogen) atoms. The van der Waals surface area contributed by atoms with Gasteiger partial charge in [0.15, 0.2) is 0 Å². The number of alkyl halides is 3. The van der Waals surface area contributed by atoms with Gasteiger partial charge in [-0.1, -0.05) is 6.42 Å². The molecule has 0 spiro atoms. The summed E-state index contributed by atoms with van der Waals surface area (Å²) in [5.74, 6) is -0.680. The summed E-state index contributed by atoms with van der Waals surface area (Å²) < 4.78 is 56.9. The second-order valence-electron chi connectivity index (χ2n) is 10.9. The number of aromatic nitrogens is 5. The number of rotatable bonds is 6. The molecule has 0 saturated heterocycles. The quantitative estimate of drug-likeness (QED) is 0.289. The van der Waals surface area contributed by atoms with Gasteiger partial charge >= 0.3 is 6.18 Å². The Labute approximate surface area is 231 Å². The number of hydrogen-bond donors (Lipinski definition) is 3. The van der Waals surface area contributed by atoms with Gasteiger partial charge in [-0.3, -0.25) is 19.6 Å². The van der Waals surface area contributed by atoms with Crippen LogP contribution in [-0.2, 0) is 18.3 Å². The van der Waals surface area contributed by atoms with Gasteiger partial charge in [0.05, 0.1) is 41.1 Å². The Morgan fingerprint density at radius 1 is 1.12 bits per heavy atom. The van der Waals surface area contributed by atoms with Crippen molar-refractivity contribution in [1.29, 1.82) is 0 Å². The van der Waals surface area contributed by atoms with E-state index < -0.39 is 28.7 Å². The molecule has 1 aliphatic rings. The molecule has 0 amide bonds. The lowest BCUT2D eigenvalue weighted by Crippen LogP contribution is -2.33. The maximum Gasteiger partial charge on any atom is 0.423 e. The summed E-state index contributed by atoms with van der Waals surface area (Å²) in [5.41, 5.74) is -3.83. The summed E-state index contributed by atoms with van der Waals surface area (Å²) >= 11 is 0. The molecule has 1 aliphatic carbocycles. The first-order valence-electron chi connectivity index (χ1n) is 13.1. The molecule has 216 valence electrons. The molecule has 9 nitrogen and oxygen atoms in total. The second kappa shape index (κ2) is 10.7. The summed E-state index contributed by atoms with van der Waals surface area (Å²) in [7, 11) is 0. The van der Waals surface area contributed by atoms with Crippen molar-refractivity contribution in [3.8, 4) is 11.3 Å². The van der Waals surface area contributed by atoms with Crippen LogP contribution in [0.25, 0.3) is 22.0 Å². The molecule has 13 heteroatoms. The molecule has 1 saturated carbocycles. The van der Waals surface area contributed by atoms with Gasteiger partial charge in [-0.05, 0) is 62.6 Å². The minimum atomic E-state index is -4.84. The fourth-order valence-electron chi connectivity index (χ4n) is 5.30. The number of nitrogens with one attached hydrogen (secondary N) is 2. The van der Waals surface area contributed by atoms with Gasteiger partial charge in [-0.15, -0.1) is 0 Å². The van der Waals surface area contributed by atoms with Gasteiger partial charge in [-0.2, -0.15) is 18.3 Å². The van der Waals surface area contributed by atoms with E-state index in [0.717, 1.165) is 12.6 Å². The predicted octanol–water partition coefficient (Wildman–Crippen LogP) is 4.60. The Bertz CT molecular complexity index is 1690. The van der Waals surface area contributed by atoms with Crippen LogP contribution in [0.1, 0.15) is 50.8 Å². The zero-order valence-corrected chi connectivity index (χ0v) is 22.3. The van der Waals surface area contributed by atoms with E-state index in [2.05, 4.69) is 20.4 Å². The van der Waals surface area contributed by atoms with Gasteiger partial charge in [-0.25, -0.2) is 9.49 Å². The van der Waals surface area contributed by atoms with E-state index in [9.17, 15) is 27.9 Å². The third-order valence-electron chi connectivity index (χ3n) is 7.36. The summed E-state index contributed by atoms with van der Waals surface area (Å²) in [5, 5.41) is 18.9. The molecule has 0 radical (unpaired) electrons. The Hall–Kier alpha value is -4.13. The first-order valence-corrected chi connectivity index (χ1v) is 13.1. The Morgan fingerprint density at radius 2 is 1.90 bits per heavy atom. The third-order valence-corrected chi connectivity index (χ3v) is 7.36. The number of nitrogens with zero attached hydrogens (tertiary/aromatic N) is 4. The number of anilines is 1. The fourth-order valence-corrected chi connectivity index (χ4v) is 5.30. The van der Waals surface area contributed by atoms with E-state index >= 15 is 4.39 Å². The van der Waals surface area contributed by atoms with Crippen LogP contribution in [0, 0.1) is 11.7 Å². The Morgan fingerprint density at radius 3 is 2.59 bits per heavy atom. The minimum absolute atomic E-state index is 0.0330. The van der Waals surface area contributed by atoms with Crippen molar-refractivity contribution in [3.05, 3.63) is 80.8 Å². The Balaban J connectivity index is 1.35. The lowest BCUT2D eigenvalue weighted by molar-refractivity contribution is -0.138. The number of H-pyrrole nitrogens is 1. The number of aliphatic hydroxyl groups is 1. The van der Waals surface area contributed by atoms with E-state index in [0.29, 0.717) is 36.9 Å². The normalized spacial score (nSPS) is 18.0. The van der Waals surface area contributed by atoms with Crippen LogP contribution >= 0.6 is 0 Å². The SMILES string of the molecule is CC(C)(O)c1cnc(-c2cc3ccn(C[C@@H]4CCC[C@H](Nc5cn[nH]c(=O)c5C(F)(F)F)C4)c(=O)c3cc2F)cn1. The number of benzene rings is 1. The maximum atomic E-state index is 15.1. The first kappa shape index (κ1) is 28.4. The van der Waals surface area contributed by atoms with Crippen LogP contribution in [-0.4, -0.2) is 35.9 Å². The molecule has 4 aromatic rings. The van der Waals surface area contributed by atoms with Crippen LogP contribution in [0.15, 0.2) is 52.6 Å². The van der Waals surface area contributed by atoms with Crippen LogP contribution < -0.4 is 16.4 Å². The molecule has 5 rings (SSSR count). The zero-order chi connectivity index (χ0) is 29.5. The van der Waals surface area contributed by atoms with Crippen molar-refractivity contribution in [2.24, 2.45) is 5.92 Å². The molecule has 2 atom stereocenters. The minimum Gasteiger partial charge on any atom is -0.384 e. The third kappa shape index (κ3) is 5.99. The van der Waals surface area contributed by atoms with E-state index in [4.69, 9.17) is 0 Å². The van der Waals surface area contributed by atoms with Crippen molar-refractivity contribution in [2.75, 3.05) is 5.32 Å². The molecule has 3 N–H and O–H groups in total. The smallest absolute Gasteiger partial charge is 0.384 e. The largest absolute Gasteiger partial charge is 0.423 e. The average molecular weight is 573 g/mol. The lowest BCUT2D eigenvalue weighted by Gasteiger charge is -2.31. The molecule has 0 unspecified atom stereocenters. The predicted molar refractivity (Wildman–Crippen MR) is 144 cm³/mol. The standard InChI is InChI=1S/C28H28F4N6O3/c1-27(2,41)23-13-33-21(11-34-23)19-9-16-6-7-38(26(40)18(16)10-20(19)29)14-15-4-3-5-17(8-15)36-22-12-35-37-25(39)24(22)28(30,31)32/h6-7,9-13,15,17,41H,3-5,8,14H2,1-2H3,(H2,36,37,39)/t15-,17+/m1/s1. The van der Waals surface area contributed by atoms with Crippen molar-refractivity contribution in [2.45, 2.75) is 63.9 Å². The summed E-state index contributed by atoms with van der Waals surface area (Å²) in [6.45, 7) is 3.43. The summed E-state index contributed by atoms with van der Waals surface area (Å²) in [6.07, 6.45) is 3.02. The topological polar surface area (TPSA) is 126 Å². The number of halogens is 4. The van der Waals surface area contributed by atoms with Crippen molar-refractivity contribution in [3.63, 3.8) is 0 Å². The van der Waals surface area contributed by atoms with Crippen LogP contribution in [0.3, 0.4) is 0 Å². The number of pyridine rings is 1. The zero-order valence-electron chi connectivity index (χ0n) is 22.3. The molecule has 3 heterocycles. The monoisotopic (exact) mass is 572 g/mol. The van der Waals surface area contributed by atoms with Crippen molar-refractivity contribution in [1.82, 2.24) is 24.7 Å². The molecular formula is C28H28F4N6O3. The summed E-state index contributed by atoms with van der Waals surface area (Å²) in [6, 6.07) is 4.05. The average Bonchev–Trinajstić information content (AvgIpc) is 2.89. The van der Waals surface area contributed by atoms with Crippen LogP contribution in [0.2, 0.25) is 0 Å². The van der Waals surface area contributed by atoms with Crippen LogP contribution in [0.5, 0.6) is 0 Å². The van der Waals surface area contributed by atoms with Gasteiger partial charge in [0.1, 0.15) is 17.0 Å².